The molecule has 1 unspecified atom stereocenters. The van der Waals surface area contributed by atoms with Crippen LogP contribution in [0.1, 0.15) is 24.9 Å². The molecule has 5 heteroatoms. The maximum absolute atomic E-state index is 11.4. The van der Waals surface area contributed by atoms with E-state index in [0.717, 1.165) is 19.5 Å². The number of sulfone groups is 1. The van der Waals surface area contributed by atoms with Gasteiger partial charge in [0.05, 0.1) is 11.5 Å². The van der Waals surface area contributed by atoms with E-state index in [1.807, 2.05) is 6.07 Å². The summed E-state index contributed by atoms with van der Waals surface area (Å²) in [6, 6.07) is 10.8. The van der Waals surface area contributed by atoms with Gasteiger partial charge in [0.15, 0.2) is 9.84 Å². The van der Waals surface area contributed by atoms with Crippen LogP contribution < -0.4 is 5.32 Å². The molecule has 0 saturated carbocycles. The van der Waals surface area contributed by atoms with Gasteiger partial charge in [-0.3, -0.25) is 0 Å². The second-order valence-electron chi connectivity index (χ2n) is 5.30. The third kappa shape index (κ3) is 4.58. The molecular formula is C15H24N2O2S. The van der Waals surface area contributed by atoms with Crippen LogP contribution in [0.2, 0.25) is 0 Å². The first kappa shape index (κ1) is 15.5. The van der Waals surface area contributed by atoms with Gasteiger partial charge >= 0.3 is 0 Å². The lowest BCUT2D eigenvalue weighted by molar-refractivity contribution is 0.276. The molecule has 1 heterocycles. The van der Waals surface area contributed by atoms with E-state index in [1.165, 1.54) is 5.56 Å². The SMILES string of the molecule is CCNC(CCN1CCS(=O)(=O)CC1)c1ccccc1. The van der Waals surface area contributed by atoms with Crippen molar-refractivity contribution < 1.29 is 8.42 Å². The fraction of sp³-hybridized carbons (Fsp3) is 0.600. The average molecular weight is 296 g/mol. The molecule has 0 aromatic heterocycles. The van der Waals surface area contributed by atoms with Gasteiger partial charge in [-0.05, 0) is 18.5 Å². The van der Waals surface area contributed by atoms with E-state index >= 15 is 0 Å². The molecule has 2 rings (SSSR count). The summed E-state index contributed by atoms with van der Waals surface area (Å²) in [4.78, 5) is 2.26. The van der Waals surface area contributed by atoms with E-state index in [1.54, 1.807) is 0 Å². The minimum absolute atomic E-state index is 0.310. The molecule has 4 nitrogen and oxygen atoms in total. The zero-order valence-electron chi connectivity index (χ0n) is 12.1. The lowest BCUT2D eigenvalue weighted by atomic mass is 10.0. The van der Waals surface area contributed by atoms with Crippen LogP contribution in [0.15, 0.2) is 30.3 Å². The molecule has 1 atom stereocenters. The number of hydrogen-bond acceptors (Lipinski definition) is 4. The molecule has 112 valence electrons. The first-order valence-electron chi connectivity index (χ1n) is 7.32. The minimum Gasteiger partial charge on any atom is -0.310 e. The maximum atomic E-state index is 11.4. The number of nitrogens with one attached hydrogen (secondary N) is 1. The highest BCUT2D eigenvalue weighted by molar-refractivity contribution is 7.91. The summed E-state index contributed by atoms with van der Waals surface area (Å²) >= 11 is 0. The molecule has 0 spiro atoms. The fourth-order valence-electron chi connectivity index (χ4n) is 2.60. The summed E-state index contributed by atoms with van der Waals surface area (Å²) < 4.78 is 22.8. The smallest absolute Gasteiger partial charge is 0.152 e. The Hall–Kier alpha value is -0.910. The Morgan fingerprint density at radius 3 is 2.45 bits per heavy atom. The van der Waals surface area contributed by atoms with E-state index in [-0.39, 0.29) is 0 Å². The predicted molar refractivity (Wildman–Crippen MR) is 82.6 cm³/mol. The summed E-state index contributed by atoms with van der Waals surface area (Å²) in [5, 5.41) is 3.51. The molecule has 0 aliphatic carbocycles. The van der Waals surface area contributed by atoms with E-state index in [4.69, 9.17) is 0 Å². The van der Waals surface area contributed by atoms with Gasteiger partial charge < -0.3 is 10.2 Å². The molecule has 1 saturated heterocycles. The van der Waals surface area contributed by atoms with Crippen LogP contribution in [0.3, 0.4) is 0 Å². The highest BCUT2D eigenvalue weighted by Crippen LogP contribution is 2.17. The molecule has 0 amide bonds. The molecule has 0 bridgehead atoms. The van der Waals surface area contributed by atoms with Crippen molar-refractivity contribution in [1.29, 1.82) is 0 Å². The number of hydrogen-bond donors (Lipinski definition) is 1. The van der Waals surface area contributed by atoms with Crippen LogP contribution in [0.5, 0.6) is 0 Å². The summed E-state index contributed by atoms with van der Waals surface area (Å²) in [7, 11) is -2.77. The standard InChI is InChI=1S/C15H24N2O2S/c1-2-16-15(14-6-4-3-5-7-14)8-9-17-10-12-20(18,19)13-11-17/h3-7,15-16H,2,8-13H2,1H3. The van der Waals surface area contributed by atoms with Crippen LogP contribution in [0.25, 0.3) is 0 Å². The molecule has 1 aliphatic heterocycles. The van der Waals surface area contributed by atoms with Crippen molar-refractivity contribution in [1.82, 2.24) is 10.2 Å². The molecule has 1 N–H and O–H groups in total. The number of benzene rings is 1. The summed E-state index contributed by atoms with van der Waals surface area (Å²) in [5.41, 5.74) is 1.30. The van der Waals surface area contributed by atoms with Crippen molar-refractivity contribution in [3.05, 3.63) is 35.9 Å². The van der Waals surface area contributed by atoms with Crippen LogP contribution in [-0.2, 0) is 9.84 Å². The summed E-state index contributed by atoms with van der Waals surface area (Å²) in [5.74, 6) is 0.619. The Morgan fingerprint density at radius 1 is 1.20 bits per heavy atom. The normalized spacial score (nSPS) is 20.6. The van der Waals surface area contributed by atoms with E-state index in [0.29, 0.717) is 30.6 Å². The molecule has 1 aromatic rings. The fourth-order valence-corrected chi connectivity index (χ4v) is 3.88. The highest BCUT2D eigenvalue weighted by atomic mass is 32.2. The first-order valence-corrected chi connectivity index (χ1v) is 9.14. The van der Waals surface area contributed by atoms with Crippen molar-refractivity contribution >= 4 is 9.84 Å². The van der Waals surface area contributed by atoms with E-state index < -0.39 is 9.84 Å². The van der Waals surface area contributed by atoms with Gasteiger partial charge in [0, 0.05) is 25.7 Å². The third-order valence-electron chi connectivity index (χ3n) is 3.82. The maximum Gasteiger partial charge on any atom is 0.152 e. The van der Waals surface area contributed by atoms with Crippen molar-refractivity contribution in [2.24, 2.45) is 0 Å². The van der Waals surface area contributed by atoms with Crippen LogP contribution in [0.4, 0.5) is 0 Å². The monoisotopic (exact) mass is 296 g/mol. The van der Waals surface area contributed by atoms with Gasteiger partial charge in [0.2, 0.25) is 0 Å². The van der Waals surface area contributed by atoms with Gasteiger partial charge in [0.1, 0.15) is 0 Å². The topological polar surface area (TPSA) is 49.4 Å². The lowest BCUT2D eigenvalue weighted by Gasteiger charge is -2.28. The molecule has 1 aliphatic rings. The van der Waals surface area contributed by atoms with Gasteiger partial charge in [-0.15, -0.1) is 0 Å². The molecular weight excluding hydrogens is 272 g/mol. The van der Waals surface area contributed by atoms with Gasteiger partial charge in [-0.1, -0.05) is 37.3 Å². The Bertz CT molecular complexity index is 488. The van der Waals surface area contributed by atoms with Crippen molar-refractivity contribution in [2.75, 3.05) is 37.7 Å². The van der Waals surface area contributed by atoms with Crippen LogP contribution >= 0.6 is 0 Å². The quantitative estimate of drug-likeness (QED) is 0.863. The second kappa shape index (κ2) is 7.20. The average Bonchev–Trinajstić information content (AvgIpc) is 2.45. The molecule has 1 aromatic carbocycles. The van der Waals surface area contributed by atoms with Gasteiger partial charge in [-0.25, -0.2) is 8.42 Å². The zero-order valence-corrected chi connectivity index (χ0v) is 12.9. The lowest BCUT2D eigenvalue weighted by Crippen LogP contribution is -2.41. The molecule has 20 heavy (non-hydrogen) atoms. The largest absolute Gasteiger partial charge is 0.310 e. The van der Waals surface area contributed by atoms with Gasteiger partial charge in [0.25, 0.3) is 0 Å². The first-order chi connectivity index (χ1) is 9.61. The zero-order chi connectivity index (χ0) is 14.4. The number of rotatable bonds is 6. The molecule has 0 radical (unpaired) electrons. The predicted octanol–water partition coefficient (Wildman–Crippen LogP) is 1.46. The Kier molecular flexibility index (Phi) is 5.57. The van der Waals surface area contributed by atoms with Crippen molar-refractivity contribution in [3.63, 3.8) is 0 Å². The second-order valence-corrected chi connectivity index (χ2v) is 7.61. The third-order valence-corrected chi connectivity index (χ3v) is 5.43. The summed E-state index contributed by atoms with van der Waals surface area (Å²) in [6.07, 6.45) is 1.01. The Morgan fingerprint density at radius 2 is 1.85 bits per heavy atom. The number of nitrogens with zero attached hydrogens (tertiary/aromatic N) is 1. The van der Waals surface area contributed by atoms with Crippen LogP contribution in [-0.4, -0.2) is 51.0 Å². The van der Waals surface area contributed by atoms with E-state index in [2.05, 4.69) is 41.4 Å². The van der Waals surface area contributed by atoms with Gasteiger partial charge in [-0.2, -0.15) is 0 Å². The highest BCUT2D eigenvalue weighted by Gasteiger charge is 2.22. The summed E-state index contributed by atoms with van der Waals surface area (Å²) in [6.45, 7) is 5.35. The Labute approximate surface area is 122 Å². The van der Waals surface area contributed by atoms with Crippen molar-refractivity contribution in [3.8, 4) is 0 Å². The molecule has 1 fully saturated rings. The van der Waals surface area contributed by atoms with E-state index in [9.17, 15) is 8.42 Å². The van der Waals surface area contributed by atoms with Crippen molar-refractivity contribution in [2.45, 2.75) is 19.4 Å². The van der Waals surface area contributed by atoms with Crippen LogP contribution in [0, 0.1) is 0 Å². The minimum atomic E-state index is -2.77. The Balaban J connectivity index is 1.87.